The smallest absolute Gasteiger partial charge is 0.252 e. The molecular formula is C24H33N3O2S. The molecule has 1 aliphatic heterocycles. The van der Waals surface area contributed by atoms with E-state index in [1.165, 1.54) is 17.7 Å². The number of benzene rings is 1. The van der Waals surface area contributed by atoms with Crippen molar-refractivity contribution in [1.82, 2.24) is 15.5 Å². The number of nitrogens with one attached hydrogen (secondary N) is 2. The Labute approximate surface area is 183 Å². The molecule has 1 fully saturated rings. The number of likely N-dealkylation sites (tertiary alicyclic amines) is 1. The van der Waals surface area contributed by atoms with Gasteiger partial charge in [-0.15, -0.1) is 11.3 Å². The van der Waals surface area contributed by atoms with E-state index >= 15 is 0 Å². The van der Waals surface area contributed by atoms with Crippen LogP contribution in [0.5, 0.6) is 0 Å². The largest absolute Gasteiger partial charge is 0.352 e. The molecular weight excluding hydrogens is 394 g/mol. The Bertz CT molecular complexity index is 829. The van der Waals surface area contributed by atoms with Gasteiger partial charge in [-0.2, -0.15) is 0 Å². The first kappa shape index (κ1) is 22.5. The fourth-order valence-corrected chi connectivity index (χ4v) is 4.89. The molecule has 162 valence electrons. The van der Waals surface area contributed by atoms with Gasteiger partial charge in [0.1, 0.15) is 6.04 Å². The number of hydrogen-bond donors (Lipinski definition) is 2. The van der Waals surface area contributed by atoms with Crippen LogP contribution in [0.25, 0.3) is 0 Å². The van der Waals surface area contributed by atoms with E-state index in [0.717, 1.165) is 18.7 Å². The third kappa shape index (κ3) is 5.92. The van der Waals surface area contributed by atoms with Crippen LogP contribution in [0, 0.1) is 12.8 Å². The molecule has 0 radical (unpaired) electrons. The maximum absolute atomic E-state index is 13.1. The first-order chi connectivity index (χ1) is 14.5. The van der Waals surface area contributed by atoms with E-state index < -0.39 is 6.04 Å². The van der Waals surface area contributed by atoms with Gasteiger partial charge in [0.05, 0.1) is 6.04 Å². The average molecular weight is 428 g/mol. The number of carbonyl (C=O) groups excluding carboxylic acids is 2. The molecule has 2 amide bonds. The van der Waals surface area contributed by atoms with Crippen LogP contribution in [0.15, 0.2) is 41.8 Å². The van der Waals surface area contributed by atoms with Crippen molar-refractivity contribution in [2.24, 2.45) is 5.92 Å². The second-order valence-electron chi connectivity index (χ2n) is 8.49. The van der Waals surface area contributed by atoms with Gasteiger partial charge in [0.2, 0.25) is 5.91 Å². The van der Waals surface area contributed by atoms with Crippen LogP contribution in [0.1, 0.15) is 60.0 Å². The number of carbonyl (C=O) groups is 2. The van der Waals surface area contributed by atoms with E-state index in [1.807, 2.05) is 25.1 Å². The zero-order valence-corrected chi connectivity index (χ0v) is 19.0. The van der Waals surface area contributed by atoms with Crippen LogP contribution in [0.3, 0.4) is 0 Å². The highest BCUT2D eigenvalue weighted by molar-refractivity contribution is 7.10. The Hall–Kier alpha value is -2.18. The summed E-state index contributed by atoms with van der Waals surface area (Å²) in [7, 11) is 0. The molecule has 0 bridgehead atoms. The summed E-state index contributed by atoms with van der Waals surface area (Å²) < 4.78 is 0. The monoisotopic (exact) mass is 427 g/mol. The predicted molar refractivity (Wildman–Crippen MR) is 123 cm³/mol. The molecule has 2 heterocycles. The lowest BCUT2D eigenvalue weighted by molar-refractivity contribution is -0.123. The average Bonchev–Trinajstić information content (AvgIpc) is 3.42. The molecule has 1 aromatic carbocycles. The van der Waals surface area contributed by atoms with Crippen molar-refractivity contribution in [2.45, 2.75) is 52.1 Å². The lowest BCUT2D eigenvalue weighted by Gasteiger charge is -2.28. The zero-order chi connectivity index (χ0) is 21.5. The van der Waals surface area contributed by atoms with Gasteiger partial charge >= 0.3 is 0 Å². The topological polar surface area (TPSA) is 61.4 Å². The molecule has 0 aliphatic carbocycles. The van der Waals surface area contributed by atoms with Gasteiger partial charge in [-0.1, -0.05) is 38.1 Å². The summed E-state index contributed by atoms with van der Waals surface area (Å²) in [4.78, 5) is 29.6. The van der Waals surface area contributed by atoms with Gasteiger partial charge in [-0.3, -0.25) is 14.5 Å². The minimum absolute atomic E-state index is 0.105. The van der Waals surface area contributed by atoms with Crippen LogP contribution in [0.2, 0.25) is 0 Å². The van der Waals surface area contributed by atoms with Crippen LogP contribution < -0.4 is 10.6 Å². The highest BCUT2D eigenvalue weighted by Crippen LogP contribution is 2.27. The van der Waals surface area contributed by atoms with Gasteiger partial charge in [-0.05, 0) is 68.3 Å². The standard InChI is InChI=1S/C24H33N3O2S/c1-17(2)15-20(26-23(28)19-10-5-4-9-18(19)3)24(29)25-16-21(22-11-8-14-30-22)27-12-6-7-13-27/h4-5,8-11,14,17,20-21H,6-7,12-13,15-16H2,1-3H3,(H,25,29)(H,26,28). The van der Waals surface area contributed by atoms with Crippen molar-refractivity contribution in [2.75, 3.05) is 19.6 Å². The maximum atomic E-state index is 13.1. The number of hydrogen-bond acceptors (Lipinski definition) is 4. The van der Waals surface area contributed by atoms with Crippen molar-refractivity contribution in [1.29, 1.82) is 0 Å². The quantitative estimate of drug-likeness (QED) is 0.632. The molecule has 2 N–H and O–H groups in total. The zero-order valence-electron chi connectivity index (χ0n) is 18.2. The lowest BCUT2D eigenvalue weighted by atomic mass is 10.0. The van der Waals surface area contributed by atoms with Gasteiger partial charge < -0.3 is 10.6 Å². The van der Waals surface area contributed by atoms with Crippen LogP contribution in [-0.2, 0) is 4.79 Å². The number of nitrogens with zero attached hydrogens (tertiary/aromatic N) is 1. The highest BCUT2D eigenvalue weighted by atomic mass is 32.1. The van der Waals surface area contributed by atoms with Crippen molar-refractivity contribution >= 4 is 23.2 Å². The SMILES string of the molecule is Cc1ccccc1C(=O)NC(CC(C)C)C(=O)NCC(c1cccs1)N1CCCC1. The molecule has 5 nitrogen and oxygen atoms in total. The Morgan fingerprint density at radius 3 is 2.47 bits per heavy atom. The fourth-order valence-electron chi connectivity index (χ4n) is 4.03. The Morgan fingerprint density at radius 1 is 1.10 bits per heavy atom. The number of rotatable bonds is 9. The fraction of sp³-hybridized carbons (Fsp3) is 0.500. The second kappa shape index (κ2) is 10.7. The van der Waals surface area contributed by atoms with Crippen LogP contribution >= 0.6 is 11.3 Å². The summed E-state index contributed by atoms with van der Waals surface area (Å²) >= 11 is 1.74. The first-order valence-electron chi connectivity index (χ1n) is 10.9. The molecule has 0 saturated carbocycles. The van der Waals surface area contributed by atoms with E-state index in [9.17, 15) is 9.59 Å². The van der Waals surface area contributed by atoms with Gasteiger partial charge in [0, 0.05) is 17.0 Å². The normalized spacial score (nSPS) is 16.4. The molecule has 1 aliphatic rings. The third-order valence-corrected chi connectivity index (χ3v) is 6.61. The lowest BCUT2D eigenvalue weighted by Crippen LogP contribution is -2.49. The third-order valence-electron chi connectivity index (χ3n) is 5.64. The molecule has 2 atom stereocenters. The predicted octanol–water partition coefficient (Wildman–Crippen LogP) is 4.15. The van der Waals surface area contributed by atoms with Crippen molar-refractivity contribution in [3.05, 3.63) is 57.8 Å². The molecule has 3 rings (SSSR count). The summed E-state index contributed by atoms with van der Waals surface area (Å²) in [5.74, 6) is -0.000711. The molecule has 1 saturated heterocycles. The Balaban J connectivity index is 1.67. The van der Waals surface area contributed by atoms with E-state index in [4.69, 9.17) is 0 Å². The van der Waals surface area contributed by atoms with Crippen molar-refractivity contribution < 1.29 is 9.59 Å². The van der Waals surface area contributed by atoms with Crippen LogP contribution in [-0.4, -0.2) is 42.4 Å². The van der Waals surface area contributed by atoms with E-state index in [1.54, 1.807) is 17.4 Å². The van der Waals surface area contributed by atoms with Crippen LogP contribution in [0.4, 0.5) is 0 Å². The second-order valence-corrected chi connectivity index (χ2v) is 9.47. The molecule has 30 heavy (non-hydrogen) atoms. The summed E-state index contributed by atoms with van der Waals surface area (Å²) in [6.07, 6.45) is 3.02. The Kier molecular flexibility index (Phi) is 8.05. The molecule has 1 aromatic heterocycles. The van der Waals surface area contributed by atoms with E-state index in [-0.39, 0.29) is 17.9 Å². The van der Waals surface area contributed by atoms with Crippen molar-refractivity contribution in [3.8, 4) is 0 Å². The van der Waals surface area contributed by atoms with Crippen molar-refractivity contribution in [3.63, 3.8) is 0 Å². The Morgan fingerprint density at radius 2 is 1.83 bits per heavy atom. The highest BCUT2D eigenvalue weighted by Gasteiger charge is 2.27. The molecule has 6 heteroatoms. The number of thiophene rings is 1. The molecule has 2 aromatic rings. The van der Waals surface area contributed by atoms with Gasteiger partial charge in [0.25, 0.3) is 5.91 Å². The van der Waals surface area contributed by atoms with E-state index in [0.29, 0.717) is 24.4 Å². The number of amides is 2. The van der Waals surface area contributed by atoms with Gasteiger partial charge in [-0.25, -0.2) is 0 Å². The minimum Gasteiger partial charge on any atom is -0.352 e. The summed E-state index contributed by atoms with van der Waals surface area (Å²) in [6, 6.07) is 11.3. The van der Waals surface area contributed by atoms with E-state index in [2.05, 4.69) is 46.9 Å². The summed E-state index contributed by atoms with van der Waals surface area (Å²) in [5.41, 5.74) is 1.53. The molecule has 0 spiro atoms. The summed E-state index contributed by atoms with van der Waals surface area (Å²) in [5, 5.41) is 8.20. The van der Waals surface area contributed by atoms with Gasteiger partial charge in [0.15, 0.2) is 0 Å². The summed E-state index contributed by atoms with van der Waals surface area (Å²) in [6.45, 7) is 8.75. The maximum Gasteiger partial charge on any atom is 0.252 e. The number of aryl methyl sites for hydroxylation is 1. The molecule has 2 unspecified atom stereocenters. The first-order valence-corrected chi connectivity index (χ1v) is 11.8. The minimum atomic E-state index is -0.542.